The van der Waals surface area contributed by atoms with Gasteiger partial charge in [0, 0.05) is 25.0 Å². The van der Waals surface area contributed by atoms with Gasteiger partial charge < -0.3 is 15.0 Å². The second kappa shape index (κ2) is 5.39. The minimum atomic E-state index is -0.547. The summed E-state index contributed by atoms with van der Waals surface area (Å²) in [6.45, 7) is 1.30. The zero-order valence-corrected chi connectivity index (χ0v) is 10.5. The standard InChI is InChI=1S/C11H14ClN3O3/c12-6-8-2-1-5-14(7-8)11(16)9-3-4-10(13-9)15(17)18/h3-4,8,13H,1-2,5-7H2. The fraction of sp³-hybridized carbons (Fsp3) is 0.545. The van der Waals surface area contributed by atoms with Gasteiger partial charge in [-0.05, 0) is 29.7 Å². The molecule has 6 nitrogen and oxygen atoms in total. The van der Waals surface area contributed by atoms with Crippen LogP contribution >= 0.6 is 11.6 Å². The Hall–Kier alpha value is -1.56. The molecule has 2 heterocycles. The van der Waals surface area contributed by atoms with Crippen molar-refractivity contribution in [2.75, 3.05) is 19.0 Å². The molecule has 0 aromatic carbocycles. The molecular formula is C11H14ClN3O3. The maximum absolute atomic E-state index is 12.1. The molecule has 1 N–H and O–H groups in total. The Bertz CT molecular complexity index is 460. The van der Waals surface area contributed by atoms with Gasteiger partial charge in [0.1, 0.15) is 0 Å². The summed E-state index contributed by atoms with van der Waals surface area (Å²) in [5, 5.41) is 10.5. The Kier molecular flexibility index (Phi) is 3.86. The lowest BCUT2D eigenvalue weighted by Crippen LogP contribution is -2.40. The number of piperidine rings is 1. The van der Waals surface area contributed by atoms with Crippen molar-refractivity contribution in [3.63, 3.8) is 0 Å². The molecule has 0 aliphatic carbocycles. The smallest absolute Gasteiger partial charge is 0.321 e. The number of aromatic nitrogens is 1. The van der Waals surface area contributed by atoms with Gasteiger partial charge in [-0.1, -0.05) is 0 Å². The molecule has 0 bridgehead atoms. The lowest BCUT2D eigenvalue weighted by molar-refractivity contribution is -0.389. The molecule has 1 amide bonds. The number of carbonyl (C=O) groups is 1. The third-order valence-electron chi connectivity index (χ3n) is 3.12. The summed E-state index contributed by atoms with van der Waals surface area (Å²) < 4.78 is 0. The van der Waals surface area contributed by atoms with Crippen LogP contribution in [0.3, 0.4) is 0 Å². The van der Waals surface area contributed by atoms with Gasteiger partial charge in [-0.15, -0.1) is 11.6 Å². The summed E-state index contributed by atoms with van der Waals surface area (Å²) in [6.07, 6.45) is 1.95. The van der Waals surface area contributed by atoms with Crippen LogP contribution in [0.4, 0.5) is 5.82 Å². The minimum Gasteiger partial charge on any atom is -0.358 e. The monoisotopic (exact) mass is 271 g/mol. The number of aromatic amines is 1. The van der Waals surface area contributed by atoms with E-state index in [4.69, 9.17) is 11.6 Å². The van der Waals surface area contributed by atoms with Crippen molar-refractivity contribution in [2.45, 2.75) is 12.8 Å². The lowest BCUT2D eigenvalue weighted by atomic mass is 10.00. The van der Waals surface area contributed by atoms with Crippen molar-refractivity contribution in [1.82, 2.24) is 9.88 Å². The van der Waals surface area contributed by atoms with Crippen LogP contribution in [-0.4, -0.2) is 39.7 Å². The fourth-order valence-corrected chi connectivity index (χ4v) is 2.41. The molecule has 7 heteroatoms. The Morgan fingerprint density at radius 1 is 1.61 bits per heavy atom. The molecule has 1 aliphatic heterocycles. The Balaban J connectivity index is 2.07. The number of hydrogen-bond acceptors (Lipinski definition) is 3. The van der Waals surface area contributed by atoms with Crippen molar-refractivity contribution >= 4 is 23.3 Å². The first-order chi connectivity index (χ1) is 8.61. The van der Waals surface area contributed by atoms with Crippen molar-refractivity contribution in [3.05, 3.63) is 27.9 Å². The number of alkyl halides is 1. The zero-order chi connectivity index (χ0) is 13.1. The summed E-state index contributed by atoms with van der Waals surface area (Å²) in [5.41, 5.74) is 0.261. The van der Waals surface area contributed by atoms with Crippen LogP contribution < -0.4 is 0 Å². The first-order valence-corrected chi connectivity index (χ1v) is 6.34. The molecule has 1 atom stereocenters. The Morgan fingerprint density at radius 3 is 3.00 bits per heavy atom. The number of likely N-dealkylation sites (tertiary alicyclic amines) is 1. The topological polar surface area (TPSA) is 79.2 Å². The van der Waals surface area contributed by atoms with E-state index >= 15 is 0 Å². The highest BCUT2D eigenvalue weighted by Crippen LogP contribution is 2.20. The summed E-state index contributed by atoms with van der Waals surface area (Å²) in [7, 11) is 0. The molecule has 0 radical (unpaired) electrons. The molecule has 1 saturated heterocycles. The van der Waals surface area contributed by atoms with Crippen molar-refractivity contribution in [1.29, 1.82) is 0 Å². The number of H-pyrrole nitrogens is 1. The van der Waals surface area contributed by atoms with Crippen LogP contribution in [0.25, 0.3) is 0 Å². The summed E-state index contributed by atoms with van der Waals surface area (Å²) in [5.74, 6) is 0.491. The average molecular weight is 272 g/mol. The van der Waals surface area contributed by atoms with Gasteiger partial charge >= 0.3 is 5.82 Å². The largest absolute Gasteiger partial charge is 0.358 e. The molecule has 18 heavy (non-hydrogen) atoms. The number of nitrogens with zero attached hydrogens (tertiary/aromatic N) is 2. The number of rotatable bonds is 3. The predicted octanol–water partition coefficient (Wildman–Crippen LogP) is 2.01. The van der Waals surface area contributed by atoms with Crippen molar-refractivity contribution in [2.24, 2.45) is 5.92 Å². The highest BCUT2D eigenvalue weighted by molar-refractivity contribution is 6.18. The van der Waals surface area contributed by atoms with E-state index < -0.39 is 4.92 Å². The van der Waals surface area contributed by atoms with Gasteiger partial charge in [-0.25, -0.2) is 4.98 Å². The van der Waals surface area contributed by atoms with E-state index in [1.54, 1.807) is 4.90 Å². The van der Waals surface area contributed by atoms with Crippen LogP contribution in [0.15, 0.2) is 12.1 Å². The van der Waals surface area contributed by atoms with Crippen LogP contribution in [0.5, 0.6) is 0 Å². The number of halogens is 1. The fourth-order valence-electron chi connectivity index (χ4n) is 2.16. The molecule has 1 aromatic rings. The number of nitro groups is 1. The number of amides is 1. The quantitative estimate of drug-likeness (QED) is 0.519. The number of hydrogen-bond donors (Lipinski definition) is 1. The first kappa shape index (κ1) is 12.9. The summed E-state index contributed by atoms with van der Waals surface area (Å²) in [4.78, 5) is 26.3. The van der Waals surface area contributed by atoms with E-state index in [2.05, 4.69) is 4.98 Å². The van der Waals surface area contributed by atoms with Crippen molar-refractivity contribution < 1.29 is 9.72 Å². The molecule has 1 fully saturated rings. The minimum absolute atomic E-state index is 0.163. The molecule has 1 unspecified atom stereocenters. The second-order valence-electron chi connectivity index (χ2n) is 4.43. The normalized spacial score (nSPS) is 19.8. The molecule has 0 spiro atoms. The van der Waals surface area contributed by atoms with Gasteiger partial charge in [-0.2, -0.15) is 0 Å². The third-order valence-corrected chi connectivity index (χ3v) is 3.56. The number of carbonyl (C=O) groups excluding carboxylic acids is 1. The first-order valence-electron chi connectivity index (χ1n) is 5.80. The van der Waals surface area contributed by atoms with Gasteiger partial charge in [0.05, 0.1) is 0 Å². The summed E-state index contributed by atoms with van der Waals surface area (Å²) >= 11 is 5.81. The van der Waals surface area contributed by atoms with E-state index in [1.807, 2.05) is 0 Å². The van der Waals surface area contributed by atoms with Crippen LogP contribution in [0.2, 0.25) is 0 Å². The van der Waals surface area contributed by atoms with Gasteiger partial charge in [-0.3, -0.25) is 4.79 Å². The molecular weight excluding hydrogens is 258 g/mol. The van der Waals surface area contributed by atoms with Crippen molar-refractivity contribution in [3.8, 4) is 0 Å². The molecule has 2 rings (SSSR count). The van der Waals surface area contributed by atoms with Gasteiger partial charge in [0.2, 0.25) is 0 Å². The summed E-state index contributed by atoms with van der Waals surface area (Å²) in [6, 6.07) is 2.75. The zero-order valence-electron chi connectivity index (χ0n) is 9.76. The Labute approximate surface area is 109 Å². The van der Waals surface area contributed by atoms with E-state index in [1.165, 1.54) is 12.1 Å². The average Bonchev–Trinajstić information content (AvgIpc) is 2.87. The lowest BCUT2D eigenvalue weighted by Gasteiger charge is -2.30. The Morgan fingerprint density at radius 2 is 2.39 bits per heavy atom. The van der Waals surface area contributed by atoms with E-state index in [0.717, 1.165) is 12.8 Å². The predicted molar refractivity (Wildman–Crippen MR) is 66.8 cm³/mol. The third kappa shape index (κ3) is 2.64. The molecule has 1 aliphatic rings. The molecule has 98 valence electrons. The highest BCUT2D eigenvalue weighted by atomic mass is 35.5. The van der Waals surface area contributed by atoms with E-state index in [-0.39, 0.29) is 17.4 Å². The van der Waals surface area contributed by atoms with E-state index in [0.29, 0.717) is 24.9 Å². The molecule has 0 saturated carbocycles. The van der Waals surface area contributed by atoms with Crippen LogP contribution in [-0.2, 0) is 0 Å². The SMILES string of the molecule is O=C(c1ccc([N+](=O)[O-])[nH]1)N1CCCC(CCl)C1. The van der Waals surface area contributed by atoms with E-state index in [9.17, 15) is 14.9 Å². The molecule has 1 aromatic heterocycles. The van der Waals surface area contributed by atoms with Crippen LogP contribution in [0, 0.1) is 16.0 Å². The van der Waals surface area contributed by atoms with Crippen LogP contribution in [0.1, 0.15) is 23.3 Å². The maximum atomic E-state index is 12.1. The second-order valence-corrected chi connectivity index (χ2v) is 4.74. The highest BCUT2D eigenvalue weighted by Gasteiger charge is 2.26. The number of nitrogens with one attached hydrogen (secondary N) is 1. The van der Waals surface area contributed by atoms with Gasteiger partial charge in [0.25, 0.3) is 5.91 Å². The maximum Gasteiger partial charge on any atom is 0.321 e. The van der Waals surface area contributed by atoms with Gasteiger partial charge in [0.15, 0.2) is 5.69 Å².